The molecule has 1 amide bonds. The largest absolute Gasteiger partial charge is 0.481 e. The summed E-state index contributed by atoms with van der Waals surface area (Å²) in [5, 5.41) is 11.6. The van der Waals surface area contributed by atoms with Gasteiger partial charge in [-0.1, -0.05) is 0 Å². The number of carboxylic acid groups (broad SMARTS) is 1. The van der Waals surface area contributed by atoms with E-state index in [0.29, 0.717) is 17.3 Å². The van der Waals surface area contributed by atoms with Crippen molar-refractivity contribution in [2.24, 2.45) is 5.92 Å². The smallest absolute Gasteiger partial charge is 0.305 e. The first-order valence-corrected chi connectivity index (χ1v) is 6.26. The second-order valence-corrected chi connectivity index (χ2v) is 4.87. The molecule has 1 aromatic rings. The molecule has 4 N–H and O–H groups in total. The summed E-state index contributed by atoms with van der Waals surface area (Å²) in [4.78, 5) is 26.6. The highest BCUT2D eigenvalue weighted by molar-refractivity contribution is 5.79. The molecule has 0 radical (unpaired) electrons. The predicted molar refractivity (Wildman–Crippen MR) is 69.3 cm³/mol. The molecular weight excluding hydrogens is 246 g/mol. The molecule has 1 aliphatic rings. The Labute approximate surface area is 111 Å². The molecule has 0 saturated heterocycles. The van der Waals surface area contributed by atoms with Gasteiger partial charge in [0, 0.05) is 11.7 Å². The number of nitrogens with one attached hydrogen (secondary N) is 1. The molecule has 0 spiro atoms. The van der Waals surface area contributed by atoms with Crippen molar-refractivity contribution in [3.05, 3.63) is 24.0 Å². The van der Waals surface area contributed by atoms with E-state index >= 15 is 0 Å². The lowest BCUT2D eigenvalue weighted by Crippen LogP contribution is -2.39. The van der Waals surface area contributed by atoms with E-state index in [4.69, 9.17) is 10.8 Å². The highest BCUT2D eigenvalue weighted by atomic mass is 16.4. The molecule has 6 nitrogen and oxygen atoms in total. The summed E-state index contributed by atoms with van der Waals surface area (Å²) in [6.07, 6.45) is 3.59. The average Bonchev–Trinajstić information content (AvgIpc) is 3.14. The molecule has 1 aromatic heterocycles. The van der Waals surface area contributed by atoms with Gasteiger partial charge in [-0.25, -0.2) is 0 Å². The minimum absolute atomic E-state index is 0.0222. The van der Waals surface area contributed by atoms with Gasteiger partial charge < -0.3 is 16.2 Å². The number of pyridine rings is 1. The lowest BCUT2D eigenvalue weighted by atomic mass is 10.1. The number of anilines is 1. The Hall–Kier alpha value is -2.11. The number of aromatic nitrogens is 1. The van der Waals surface area contributed by atoms with Crippen molar-refractivity contribution in [2.45, 2.75) is 31.7 Å². The number of amides is 1. The van der Waals surface area contributed by atoms with Crippen LogP contribution in [0.2, 0.25) is 0 Å². The van der Waals surface area contributed by atoms with Crippen molar-refractivity contribution < 1.29 is 14.7 Å². The lowest BCUT2D eigenvalue weighted by Gasteiger charge is -2.16. The molecule has 1 saturated carbocycles. The van der Waals surface area contributed by atoms with Gasteiger partial charge in [-0.05, 0) is 30.9 Å². The van der Waals surface area contributed by atoms with Crippen LogP contribution in [0.15, 0.2) is 18.3 Å². The van der Waals surface area contributed by atoms with E-state index < -0.39 is 5.97 Å². The van der Waals surface area contributed by atoms with Crippen LogP contribution in [0.1, 0.15) is 25.0 Å². The van der Waals surface area contributed by atoms with Crippen LogP contribution in [-0.2, 0) is 16.0 Å². The van der Waals surface area contributed by atoms with Gasteiger partial charge in [0.15, 0.2) is 0 Å². The minimum atomic E-state index is -0.886. The van der Waals surface area contributed by atoms with Gasteiger partial charge in [0.2, 0.25) is 5.91 Å². The number of nitrogens with zero attached hydrogens (tertiary/aromatic N) is 1. The van der Waals surface area contributed by atoms with E-state index in [-0.39, 0.29) is 24.8 Å². The Morgan fingerprint density at radius 3 is 2.74 bits per heavy atom. The van der Waals surface area contributed by atoms with Gasteiger partial charge in [0.25, 0.3) is 0 Å². The monoisotopic (exact) mass is 263 g/mol. The molecule has 1 aliphatic carbocycles. The van der Waals surface area contributed by atoms with Crippen molar-refractivity contribution in [2.75, 3.05) is 5.73 Å². The van der Waals surface area contributed by atoms with E-state index in [1.807, 2.05) is 0 Å². The summed E-state index contributed by atoms with van der Waals surface area (Å²) in [5.74, 6) is -0.780. The van der Waals surface area contributed by atoms with Crippen LogP contribution in [0.25, 0.3) is 0 Å². The maximum atomic E-state index is 11.8. The van der Waals surface area contributed by atoms with Gasteiger partial charge in [-0.2, -0.15) is 0 Å². The van der Waals surface area contributed by atoms with Crippen LogP contribution < -0.4 is 11.1 Å². The lowest BCUT2D eigenvalue weighted by molar-refractivity contribution is -0.137. The third-order valence-corrected chi connectivity index (χ3v) is 3.12. The molecule has 102 valence electrons. The third kappa shape index (κ3) is 4.24. The molecular formula is C13H17N3O3. The number of nitrogen functional groups attached to an aromatic ring is 1. The number of nitrogens with two attached hydrogens (primary N) is 1. The van der Waals surface area contributed by atoms with Crippen LogP contribution in [0, 0.1) is 5.92 Å². The SMILES string of the molecule is Nc1ccc(CC(=O)NC(CC(=O)O)C2CC2)nc1. The number of hydrogen-bond acceptors (Lipinski definition) is 4. The summed E-state index contributed by atoms with van der Waals surface area (Å²) >= 11 is 0. The third-order valence-electron chi connectivity index (χ3n) is 3.12. The number of carbonyl (C=O) groups excluding carboxylic acids is 1. The van der Waals surface area contributed by atoms with Gasteiger partial charge >= 0.3 is 5.97 Å². The van der Waals surface area contributed by atoms with Gasteiger partial charge in [-0.15, -0.1) is 0 Å². The Balaban J connectivity index is 1.88. The van der Waals surface area contributed by atoms with Gasteiger partial charge in [-0.3, -0.25) is 14.6 Å². The number of carbonyl (C=O) groups is 2. The zero-order valence-corrected chi connectivity index (χ0v) is 10.5. The number of aliphatic carboxylic acids is 1. The predicted octanol–water partition coefficient (Wildman–Crippen LogP) is 0.576. The zero-order valence-electron chi connectivity index (χ0n) is 10.5. The average molecular weight is 263 g/mol. The number of carboxylic acids is 1. The highest BCUT2D eigenvalue weighted by Crippen LogP contribution is 2.34. The summed E-state index contributed by atoms with van der Waals surface area (Å²) in [7, 11) is 0. The summed E-state index contributed by atoms with van der Waals surface area (Å²) in [6.45, 7) is 0. The highest BCUT2D eigenvalue weighted by Gasteiger charge is 2.33. The van der Waals surface area contributed by atoms with Crippen LogP contribution in [0.3, 0.4) is 0 Å². The fourth-order valence-corrected chi connectivity index (χ4v) is 1.99. The zero-order chi connectivity index (χ0) is 13.8. The quantitative estimate of drug-likeness (QED) is 0.696. The molecule has 2 rings (SSSR count). The van der Waals surface area contributed by atoms with E-state index in [1.165, 1.54) is 6.20 Å². The molecule has 0 aliphatic heterocycles. The molecule has 19 heavy (non-hydrogen) atoms. The molecule has 1 atom stereocenters. The molecule has 1 heterocycles. The summed E-state index contributed by atoms with van der Waals surface area (Å²) in [5.41, 5.74) is 6.68. The van der Waals surface area contributed by atoms with Crippen LogP contribution in [-0.4, -0.2) is 28.0 Å². The van der Waals surface area contributed by atoms with Gasteiger partial charge in [0.1, 0.15) is 0 Å². The topological polar surface area (TPSA) is 105 Å². The van der Waals surface area contributed by atoms with Crippen LogP contribution in [0.5, 0.6) is 0 Å². The molecule has 1 unspecified atom stereocenters. The van der Waals surface area contributed by atoms with E-state index in [9.17, 15) is 9.59 Å². The number of hydrogen-bond donors (Lipinski definition) is 3. The van der Waals surface area contributed by atoms with Gasteiger partial charge in [0.05, 0.1) is 24.7 Å². The van der Waals surface area contributed by atoms with Crippen LogP contribution >= 0.6 is 0 Å². The van der Waals surface area contributed by atoms with Crippen molar-refractivity contribution >= 4 is 17.6 Å². The Morgan fingerprint density at radius 1 is 1.47 bits per heavy atom. The maximum Gasteiger partial charge on any atom is 0.305 e. The fraction of sp³-hybridized carbons (Fsp3) is 0.462. The van der Waals surface area contributed by atoms with E-state index in [1.54, 1.807) is 12.1 Å². The summed E-state index contributed by atoms with van der Waals surface area (Å²) in [6, 6.07) is 3.11. The standard InChI is InChI=1S/C13H17N3O3/c14-9-3-4-10(15-7-9)5-12(17)16-11(6-13(18)19)8-1-2-8/h3-4,7-8,11H,1-2,5-6,14H2,(H,16,17)(H,18,19). The van der Waals surface area contributed by atoms with E-state index in [2.05, 4.69) is 10.3 Å². The molecule has 1 fully saturated rings. The van der Waals surface area contributed by atoms with E-state index in [0.717, 1.165) is 12.8 Å². The van der Waals surface area contributed by atoms with Crippen molar-refractivity contribution in [3.8, 4) is 0 Å². The second-order valence-electron chi connectivity index (χ2n) is 4.87. The first-order valence-electron chi connectivity index (χ1n) is 6.26. The Kier molecular flexibility index (Phi) is 3.99. The molecule has 6 heteroatoms. The summed E-state index contributed by atoms with van der Waals surface area (Å²) < 4.78 is 0. The van der Waals surface area contributed by atoms with Crippen LogP contribution in [0.4, 0.5) is 5.69 Å². The molecule has 0 bridgehead atoms. The van der Waals surface area contributed by atoms with Crippen molar-refractivity contribution in [1.82, 2.24) is 10.3 Å². The molecule has 0 aromatic carbocycles. The normalized spacial score (nSPS) is 15.8. The minimum Gasteiger partial charge on any atom is -0.481 e. The fourth-order valence-electron chi connectivity index (χ4n) is 1.99. The van der Waals surface area contributed by atoms with Crippen molar-refractivity contribution in [1.29, 1.82) is 0 Å². The Bertz CT molecular complexity index is 469. The number of rotatable bonds is 6. The second kappa shape index (κ2) is 5.69. The maximum absolute atomic E-state index is 11.8. The first kappa shape index (κ1) is 13.3. The Morgan fingerprint density at radius 2 is 2.21 bits per heavy atom. The first-order chi connectivity index (χ1) is 9.04. The van der Waals surface area contributed by atoms with Crippen molar-refractivity contribution in [3.63, 3.8) is 0 Å².